The lowest BCUT2D eigenvalue weighted by Crippen LogP contribution is -2.29. The zero-order chi connectivity index (χ0) is 29.6. The van der Waals surface area contributed by atoms with E-state index in [4.69, 9.17) is 16.3 Å². The summed E-state index contributed by atoms with van der Waals surface area (Å²) >= 11 is 6.42. The number of nitrogens with one attached hydrogen (secondary N) is 2. The van der Waals surface area contributed by atoms with Crippen LogP contribution in [0.5, 0.6) is 17.2 Å². The lowest BCUT2D eigenvalue weighted by molar-refractivity contribution is -0.274. The molecule has 4 rings (SSSR count). The summed E-state index contributed by atoms with van der Waals surface area (Å²) in [5.41, 5.74) is 2.95. The van der Waals surface area contributed by atoms with Crippen LogP contribution in [0.1, 0.15) is 5.69 Å². The molecule has 2 N–H and O–H groups in total. The molecular formula is C28H28ClF3N6O3. The first kappa shape index (κ1) is 29.8. The van der Waals surface area contributed by atoms with Gasteiger partial charge in [0, 0.05) is 37.6 Å². The average molecular weight is 589 g/mol. The van der Waals surface area contributed by atoms with Crippen molar-refractivity contribution >= 4 is 40.4 Å². The first-order valence-corrected chi connectivity index (χ1v) is 12.8. The molecule has 216 valence electrons. The number of benzene rings is 2. The molecule has 9 nitrogen and oxygen atoms in total. The molecule has 2 aromatic carbocycles. The van der Waals surface area contributed by atoms with Crippen LogP contribution in [0.15, 0.2) is 67.0 Å². The van der Waals surface area contributed by atoms with Gasteiger partial charge in [-0.15, -0.1) is 13.2 Å². The quantitative estimate of drug-likeness (QED) is 0.158. The van der Waals surface area contributed by atoms with Crippen LogP contribution in [-0.2, 0) is 18.4 Å². The van der Waals surface area contributed by atoms with E-state index in [-0.39, 0.29) is 16.5 Å². The molecule has 0 saturated heterocycles. The number of hydrogen-bond acceptors (Lipinski definition) is 8. The second-order valence-electron chi connectivity index (χ2n) is 9.28. The minimum absolute atomic E-state index is 0.127. The summed E-state index contributed by atoms with van der Waals surface area (Å²) in [4.78, 5) is 22.3. The predicted octanol–water partition coefficient (Wildman–Crippen LogP) is 5.83. The van der Waals surface area contributed by atoms with Crippen LogP contribution in [0.4, 0.5) is 24.7 Å². The number of aryl methyl sites for hydroxylation is 1. The molecule has 0 radical (unpaired) electrons. The van der Waals surface area contributed by atoms with Crippen LogP contribution in [0.2, 0.25) is 5.02 Å². The Kier molecular flexibility index (Phi) is 9.48. The van der Waals surface area contributed by atoms with Crippen molar-refractivity contribution < 1.29 is 27.4 Å². The van der Waals surface area contributed by atoms with Crippen LogP contribution in [-0.4, -0.2) is 58.8 Å². The number of aromatic nitrogens is 3. The fourth-order valence-electron chi connectivity index (χ4n) is 3.95. The second-order valence-corrected chi connectivity index (χ2v) is 9.69. The number of alkyl halides is 3. The van der Waals surface area contributed by atoms with Gasteiger partial charge in [0.05, 0.1) is 16.6 Å². The number of hydrogen-bond donors (Lipinski definition) is 2. The van der Waals surface area contributed by atoms with E-state index >= 15 is 0 Å². The Morgan fingerprint density at radius 3 is 2.61 bits per heavy atom. The SMILES string of the molecule is CN(C)C/C=C/C(C=O)NCc1cc2ncnc(Nc3ccc(Oc4cccc(OC(F)(F)F)c4)c(Cl)c3)c2n1C. The zero-order valence-corrected chi connectivity index (χ0v) is 23.2. The van der Waals surface area contributed by atoms with Gasteiger partial charge in [-0.3, -0.25) is 5.32 Å². The number of fused-ring (bicyclic) bond motifs is 1. The number of rotatable bonds is 12. The van der Waals surface area contributed by atoms with Crippen molar-refractivity contribution in [2.45, 2.75) is 18.9 Å². The van der Waals surface area contributed by atoms with Gasteiger partial charge in [0.2, 0.25) is 0 Å². The molecule has 0 saturated carbocycles. The van der Waals surface area contributed by atoms with Crippen molar-refractivity contribution in [2.24, 2.45) is 7.05 Å². The number of carbonyl (C=O) groups excluding carboxylic acids is 1. The standard InChI is InChI=1S/C28H28ClF3N6O3/c1-37(2)11-5-6-19(16-39)33-15-20-13-24-26(38(20)3)27(35-17-34-24)36-18-9-10-25(23(29)12-18)40-21-7-4-8-22(14-21)41-28(30,31)32/h4-10,12-14,16-17,19,33H,11,15H2,1-3H3,(H,34,35,36)/b6-5+. The van der Waals surface area contributed by atoms with Crippen LogP contribution in [0.25, 0.3) is 11.0 Å². The van der Waals surface area contributed by atoms with Gasteiger partial charge in [-0.2, -0.15) is 0 Å². The second kappa shape index (κ2) is 13.0. The lowest BCUT2D eigenvalue weighted by Gasteiger charge is -2.13. The molecule has 2 heterocycles. The Bertz CT molecular complexity index is 1540. The van der Waals surface area contributed by atoms with Crippen LogP contribution < -0.4 is 20.1 Å². The third kappa shape index (κ3) is 8.19. The third-order valence-electron chi connectivity index (χ3n) is 5.86. The van der Waals surface area contributed by atoms with Crippen molar-refractivity contribution in [3.63, 3.8) is 0 Å². The number of aldehydes is 1. The summed E-state index contributed by atoms with van der Waals surface area (Å²) in [6.45, 7) is 1.15. The van der Waals surface area contributed by atoms with E-state index in [1.54, 1.807) is 18.2 Å². The fourth-order valence-corrected chi connectivity index (χ4v) is 4.17. The van der Waals surface area contributed by atoms with E-state index in [0.29, 0.717) is 23.6 Å². The van der Waals surface area contributed by atoms with Gasteiger partial charge in [-0.1, -0.05) is 29.8 Å². The van der Waals surface area contributed by atoms with Gasteiger partial charge in [0.1, 0.15) is 35.4 Å². The van der Waals surface area contributed by atoms with Crippen molar-refractivity contribution in [1.82, 2.24) is 24.8 Å². The Morgan fingerprint density at radius 1 is 1.12 bits per heavy atom. The molecule has 1 atom stereocenters. The van der Waals surface area contributed by atoms with Crippen molar-refractivity contribution in [1.29, 1.82) is 0 Å². The Labute approximate surface area is 239 Å². The largest absolute Gasteiger partial charge is 0.573 e. The average Bonchev–Trinajstić information content (AvgIpc) is 3.23. The Morgan fingerprint density at radius 2 is 1.90 bits per heavy atom. The topological polar surface area (TPSA) is 93.5 Å². The third-order valence-corrected chi connectivity index (χ3v) is 6.16. The highest BCUT2D eigenvalue weighted by molar-refractivity contribution is 6.32. The zero-order valence-electron chi connectivity index (χ0n) is 22.4. The highest BCUT2D eigenvalue weighted by Crippen LogP contribution is 2.35. The van der Waals surface area contributed by atoms with Gasteiger partial charge in [0.15, 0.2) is 5.82 Å². The van der Waals surface area contributed by atoms with E-state index < -0.39 is 18.2 Å². The molecule has 0 fully saturated rings. The first-order valence-electron chi connectivity index (χ1n) is 12.4. The minimum Gasteiger partial charge on any atom is -0.456 e. The molecule has 4 aromatic rings. The first-order chi connectivity index (χ1) is 19.5. The van der Waals surface area contributed by atoms with Gasteiger partial charge < -0.3 is 29.1 Å². The molecule has 1 unspecified atom stereocenters. The number of halogens is 4. The van der Waals surface area contributed by atoms with Crippen LogP contribution in [0, 0.1) is 0 Å². The smallest absolute Gasteiger partial charge is 0.456 e. The van der Waals surface area contributed by atoms with Gasteiger partial charge in [0.25, 0.3) is 0 Å². The summed E-state index contributed by atoms with van der Waals surface area (Å²) in [5.74, 6) is 0.493. The molecule has 41 heavy (non-hydrogen) atoms. The number of carbonyl (C=O) groups is 1. The number of anilines is 2. The normalized spacial score (nSPS) is 12.7. The summed E-state index contributed by atoms with van der Waals surface area (Å²) in [7, 11) is 5.78. The highest BCUT2D eigenvalue weighted by atomic mass is 35.5. The highest BCUT2D eigenvalue weighted by Gasteiger charge is 2.31. The van der Waals surface area contributed by atoms with E-state index in [9.17, 15) is 18.0 Å². The molecule has 0 aliphatic carbocycles. The molecule has 0 bridgehead atoms. The summed E-state index contributed by atoms with van der Waals surface area (Å²) < 4.78 is 49.2. The van der Waals surface area contributed by atoms with E-state index in [1.165, 1.54) is 24.5 Å². The number of likely N-dealkylation sites (N-methyl/N-ethyl adjacent to an activating group) is 1. The maximum Gasteiger partial charge on any atom is 0.573 e. The number of ether oxygens (including phenoxy) is 2. The molecule has 0 spiro atoms. The molecule has 13 heteroatoms. The monoisotopic (exact) mass is 588 g/mol. The maximum absolute atomic E-state index is 12.5. The molecule has 2 aromatic heterocycles. The summed E-state index contributed by atoms with van der Waals surface area (Å²) in [6, 6.07) is 11.5. The molecule has 0 aliphatic heterocycles. The minimum atomic E-state index is -4.81. The van der Waals surface area contributed by atoms with E-state index in [1.807, 2.05) is 48.8 Å². The molecule has 0 aliphatic rings. The molecule has 0 amide bonds. The Balaban J connectivity index is 1.48. The maximum atomic E-state index is 12.5. The van der Waals surface area contributed by atoms with Crippen molar-refractivity contribution in [3.05, 3.63) is 77.7 Å². The Hall–Kier alpha value is -4.13. The fraction of sp³-hybridized carbons (Fsp3) is 0.250. The predicted molar refractivity (Wildman–Crippen MR) is 151 cm³/mol. The van der Waals surface area contributed by atoms with Crippen LogP contribution in [0.3, 0.4) is 0 Å². The van der Waals surface area contributed by atoms with Gasteiger partial charge in [-0.25, -0.2) is 9.97 Å². The number of nitrogens with zero attached hydrogens (tertiary/aromatic N) is 4. The summed E-state index contributed by atoms with van der Waals surface area (Å²) in [6.07, 6.45) is 1.24. The van der Waals surface area contributed by atoms with Gasteiger partial charge in [-0.05, 0) is 50.5 Å². The van der Waals surface area contributed by atoms with Crippen molar-refractivity contribution in [2.75, 3.05) is 26.0 Å². The van der Waals surface area contributed by atoms with Crippen molar-refractivity contribution in [3.8, 4) is 17.2 Å². The lowest BCUT2D eigenvalue weighted by atomic mass is 10.2. The van der Waals surface area contributed by atoms with Gasteiger partial charge >= 0.3 is 6.36 Å². The van der Waals surface area contributed by atoms with E-state index in [0.717, 1.165) is 30.1 Å². The summed E-state index contributed by atoms with van der Waals surface area (Å²) in [5, 5.41) is 6.68. The van der Waals surface area contributed by atoms with Crippen LogP contribution >= 0.6 is 11.6 Å². The molecular weight excluding hydrogens is 561 g/mol. The van der Waals surface area contributed by atoms with E-state index in [2.05, 4.69) is 25.3 Å².